The van der Waals surface area contributed by atoms with Crippen LogP contribution < -0.4 is 10.1 Å². The number of hydrogen-bond acceptors (Lipinski definition) is 3. The van der Waals surface area contributed by atoms with E-state index in [2.05, 4.69) is 21.2 Å². The molecule has 0 unspecified atom stereocenters. The van der Waals surface area contributed by atoms with Crippen molar-refractivity contribution in [3.63, 3.8) is 0 Å². The van der Waals surface area contributed by atoms with Gasteiger partial charge in [0.1, 0.15) is 12.4 Å². The van der Waals surface area contributed by atoms with Gasteiger partial charge in [-0.1, -0.05) is 46.3 Å². The van der Waals surface area contributed by atoms with E-state index in [1.54, 1.807) is 12.1 Å². The SMILES string of the molecule is CCOc1ccc(Br)cc1NC(=O)OCc1ccccc1. The second kappa shape index (κ2) is 7.69. The molecule has 0 spiro atoms. The lowest BCUT2D eigenvalue weighted by Crippen LogP contribution is -2.14. The van der Waals surface area contributed by atoms with Gasteiger partial charge < -0.3 is 9.47 Å². The first-order valence-corrected chi connectivity index (χ1v) is 7.38. The summed E-state index contributed by atoms with van der Waals surface area (Å²) >= 11 is 3.37. The van der Waals surface area contributed by atoms with Crippen LogP contribution in [0.25, 0.3) is 0 Å². The minimum Gasteiger partial charge on any atom is -0.492 e. The van der Waals surface area contributed by atoms with E-state index in [0.717, 1.165) is 10.0 Å². The maximum absolute atomic E-state index is 11.8. The Morgan fingerprint density at radius 3 is 2.67 bits per heavy atom. The molecule has 0 aliphatic carbocycles. The molecule has 2 aromatic carbocycles. The van der Waals surface area contributed by atoms with Crippen LogP contribution in [-0.4, -0.2) is 12.7 Å². The Kier molecular flexibility index (Phi) is 5.63. The van der Waals surface area contributed by atoms with Gasteiger partial charge in [-0.3, -0.25) is 5.32 Å². The predicted octanol–water partition coefficient (Wildman–Crippen LogP) is 4.60. The Morgan fingerprint density at radius 2 is 1.95 bits per heavy atom. The molecule has 0 aliphatic rings. The Balaban J connectivity index is 1.97. The largest absolute Gasteiger partial charge is 0.492 e. The molecule has 2 aromatic rings. The van der Waals surface area contributed by atoms with Crippen molar-refractivity contribution in [1.82, 2.24) is 0 Å². The number of amides is 1. The average molecular weight is 350 g/mol. The molecule has 0 saturated heterocycles. The van der Waals surface area contributed by atoms with Crippen LogP contribution in [0.4, 0.5) is 10.5 Å². The van der Waals surface area contributed by atoms with E-state index in [0.29, 0.717) is 18.0 Å². The first-order valence-electron chi connectivity index (χ1n) is 6.59. The highest BCUT2D eigenvalue weighted by molar-refractivity contribution is 9.10. The molecule has 1 N–H and O–H groups in total. The number of benzene rings is 2. The zero-order valence-electron chi connectivity index (χ0n) is 11.6. The summed E-state index contributed by atoms with van der Waals surface area (Å²) in [5.74, 6) is 0.609. The minimum absolute atomic E-state index is 0.227. The monoisotopic (exact) mass is 349 g/mol. The number of hydrogen-bond donors (Lipinski definition) is 1. The lowest BCUT2D eigenvalue weighted by Gasteiger charge is -2.12. The van der Waals surface area contributed by atoms with E-state index in [-0.39, 0.29) is 6.61 Å². The summed E-state index contributed by atoms with van der Waals surface area (Å²) in [6.45, 7) is 2.64. The number of rotatable bonds is 5. The zero-order chi connectivity index (χ0) is 15.1. The van der Waals surface area contributed by atoms with E-state index < -0.39 is 6.09 Å². The highest BCUT2D eigenvalue weighted by Crippen LogP contribution is 2.28. The molecular formula is C16H16BrNO3. The van der Waals surface area contributed by atoms with Gasteiger partial charge in [-0.25, -0.2) is 4.79 Å². The summed E-state index contributed by atoms with van der Waals surface area (Å²) in [4.78, 5) is 11.8. The lowest BCUT2D eigenvalue weighted by atomic mass is 10.2. The van der Waals surface area contributed by atoms with Crippen LogP contribution in [0.3, 0.4) is 0 Å². The molecule has 0 fully saturated rings. The van der Waals surface area contributed by atoms with Gasteiger partial charge in [0.25, 0.3) is 0 Å². The fourth-order valence-corrected chi connectivity index (χ4v) is 2.11. The second-order valence-corrected chi connectivity index (χ2v) is 5.18. The van der Waals surface area contributed by atoms with Crippen molar-refractivity contribution in [3.8, 4) is 5.75 Å². The van der Waals surface area contributed by atoms with Crippen LogP contribution in [0.15, 0.2) is 53.0 Å². The fraction of sp³-hybridized carbons (Fsp3) is 0.188. The summed E-state index contributed by atoms with van der Waals surface area (Å²) in [5, 5.41) is 2.69. The van der Waals surface area contributed by atoms with Crippen molar-refractivity contribution < 1.29 is 14.3 Å². The van der Waals surface area contributed by atoms with Crippen LogP contribution >= 0.6 is 15.9 Å². The van der Waals surface area contributed by atoms with Crippen LogP contribution in [-0.2, 0) is 11.3 Å². The summed E-state index contributed by atoms with van der Waals surface area (Å²) in [5.41, 5.74) is 1.51. The third-order valence-electron chi connectivity index (χ3n) is 2.69. The third-order valence-corrected chi connectivity index (χ3v) is 3.18. The molecule has 4 nitrogen and oxygen atoms in total. The topological polar surface area (TPSA) is 47.6 Å². The normalized spacial score (nSPS) is 10.0. The highest BCUT2D eigenvalue weighted by Gasteiger charge is 2.09. The molecule has 0 aromatic heterocycles. The quantitative estimate of drug-likeness (QED) is 0.858. The molecule has 0 atom stereocenters. The van der Waals surface area contributed by atoms with E-state index >= 15 is 0 Å². The Morgan fingerprint density at radius 1 is 1.19 bits per heavy atom. The smallest absolute Gasteiger partial charge is 0.412 e. The van der Waals surface area contributed by atoms with Crippen molar-refractivity contribution in [3.05, 3.63) is 58.6 Å². The molecule has 0 radical (unpaired) electrons. The zero-order valence-corrected chi connectivity index (χ0v) is 13.2. The molecule has 2 rings (SSSR count). The lowest BCUT2D eigenvalue weighted by molar-refractivity contribution is 0.155. The number of nitrogens with one attached hydrogen (secondary N) is 1. The molecule has 21 heavy (non-hydrogen) atoms. The summed E-state index contributed by atoms with van der Waals surface area (Å²) in [7, 11) is 0. The molecule has 5 heteroatoms. The summed E-state index contributed by atoms with van der Waals surface area (Å²) in [6.07, 6.45) is -0.516. The molecule has 110 valence electrons. The van der Waals surface area contributed by atoms with Crippen molar-refractivity contribution in [2.45, 2.75) is 13.5 Å². The van der Waals surface area contributed by atoms with Gasteiger partial charge in [0.05, 0.1) is 12.3 Å². The molecule has 0 aliphatic heterocycles. The Hall–Kier alpha value is -2.01. The van der Waals surface area contributed by atoms with Crippen molar-refractivity contribution in [2.75, 3.05) is 11.9 Å². The molecular weight excluding hydrogens is 334 g/mol. The van der Waals surface area contributed by atoms with E-state index in [4.69, 9.17) is 9.47 Å². The predicted molar refractivity (Wildman–Crippen MR) is 85.6 cm³/mol. The van der Waals surface area contributed by atoms with Crippen LogP contribution in [0, 0.1) is 0 Å². The summed E-state index contributed by atoms with van der Waals surface area (Å²) < 4.78 is 11.5. The van der Waals surface area contributed by atoms with E-state index in [1.165, 1.54) is 0 Å². The first-order chi connectivity index (χ1) is 10.2. The van der Waals surface area contributed by atoms with Crippen molar-refractivity contribution in [2.24, 2.45) is 0 Å². The Bertz CT molecular complexity index is 602. The van der Waals surface area contributed by atoms with Crippen molar-refractivity contribution in [1.29, 1.82) is 0 Å². The number of carbonyl (C=O) groups is 1. The minimum atomic E-state index is -0.516. The maximum Gasteiger partial charge on any atom is 0.412 e. The molecule has 0 saturated carbocycles. The van der Waals surface area contributed by atoms with Crippen LogP contribution in [0.2, 0.25) is 0 Å². The number of halogens is 1. The standard InChI is InChI=1S/C16H16BrNO3/c1-2-20-15-9-8-13(17)10-14(15)18-16(19)21-11-12-6-4-3-5-7-12/h3-10H,2,11H2,1H3,(H,18,19). The highest BCUT2D eigenvalue weighted by atomic mass is 79.9. The number of anilines is 1. The van der Waals surface area contributed by atoms with Gasteiger partial charge in [0.2, 0.25) is 0 Å². The van der Waals surface area contributed by atoms with Gasteiger partial charge in [0, 0.05) is 4.47 Å². The van der Waals surface area contributed by atoms with Crippen molar-refractivity contribution >= 4 is 27.7 Å². The first kappa shape index (κ1) is 15.4. The fourth-order valence-electron chi connectivity index (χ4n) is 1.75. The third kappa shape index (κ3) is 4.79. The van der Waals surface area contributed by atoms with Gasteiger partial charge >= 0.3 is 6.09 Å². The van der Waals surface area contributed by atoms with Gasteiger partial charge in [-0.2, -0.15) is 0 Å². The van der Waals surface area contributed by atoms with Gasteiger partial charge in [-0.15, -0.1) is 0 Å². The van der Waals surface area contributed by atoms with E-state index in [9.17, 15) is 4.79 Å². The second-order valence-electron chi connectivity index (χ2n) is 4.26. The van der Waals surface area contributed by atoms with Gasteiger partial charge in [0.15, 0.2) is 0 Å². The molecule has 0 heterocycles. The van der Waals surface area contributed by atoms with E-state index in [1.807, 2.05) is 43.3 Å². The van der Waals surface area contributed by atoms with Crippen LogP contribution in [0.5, 0.6) is 5.75 Å². The number of ether oxygens (including phenoxy) is 2. The molecule has 0 bridgehead atoms. The maximum atomic E-state index is 11.8. The molecule has 1 amide bonds. The number of carbonyl (C=O) groups excluding carboxylic acids is 1. The van der Waals surface area contributed by atoms with Crippen LogP contribution in [0.1, 0.15) is 12.5 Å². The average Bonchev–Trinajstić information content (AvgIpc) is 2.49. The summed E-state index contributed by atoms with van der Waals surface area (Å²) in [6, 6.07) is 14.9. The Labute approximate surface area is 132 Å². The van der Waals surface area contributed by atoms with Gasteiger partial charge in [-0.05, 0) is 30.7 Å².